The van der Waals surface area contributed by atoms with Crippen LogP contribution < -0.4 is 26.6 Å². The zero-order chi connectivity index (χ0) is 85.2. The number of carbonyl (C=O) groups is 5. The lowest BCUT2D eigenvalue weighted by Crippen LogP contribution is -2.71. The summed E-state index contributed by atoms with van der Waals surface area (Å²) < 4.78 is 95.5. The Bertz CT molecular complexity index is 3050. The van der Waals surface area contributed by atoms with Crippen LogP contribution in [0, 0.1) is 0 Å². The highest BCUT2D eigenvalue weighted by atomic mass is 16.8. The number of hydrogen-bond donors (Lipinski definition) is 30. The topological polar surface area (TPSA) is 799 Å². The molecule has 30 N–H and O–H groups in total. The van der Waals surface area contributed by atoms with Gasteiger partial charge in [0.1, 0.15) is 213 Å². The Balaban J connectivity index is 1.16. The zero-order valence-electron chi connectivity index (χ0n) is 62.2. The van der Waals surface area contributed by atoms with Gasteiger partial charge in [0, 0.05) is 34.6 Å². The highest BCUT2D eigenvalue weighted by Gasteiger charge is 2.61. The summed E-state index contributed by atoms with van der Waals surface area (Å²) in [5.41, 5.74) is 0. The third kappa shape index (κ3) is 22.3. The summed E-state index contributed by atoms with van der Waals surface area (Å²) in [6.07, 6.45) is -82.5. The molecule has 51 heteroatoms. The zero-order valence-corrected chi connectivity index (χ0v) is 62.2. The molecule has 0 aromatic carbocycles. The number of carbonyl (C=O) groups excluding carboxylic acids is 5. The lowest BCUT2D eigenvalue weighted by Gasteiger charge is -2.51. The quantitative estimate of drug-likeness (QED) is 0.0284. The van der Waals surface area contributed by atoms with E-state index >= 15 is 0 Å². The second-order valence-electron chi connectivity index (χ2n) is 28.7. The first kappa shape index (κ1) is 96.2. The van der Waals surface area contributed by atoms with E-state index < -0.39 is 365 Å². The van der Waals surface area contributed by atoms with E-state index in [-0.39, 0.29) is 0 Å². The smallest absolute Gasteiger partial charge is 0.217 e. The number of aliphatic hydroxyl groups excluding tert-OH is 25. The van der Waals surface area contributed by atoms with Gasteiger partial charge in [0.15, 0.2) is 50.3 Å². The SMILES string of the molecule is CC(=O)N[C@H]1[C@H](O[C@@H]([C@H](O)[C@H](CO)NC(C)=O)[C@H](O)CO)O[C@H](CO)[C@@H](O[C@@H]2O[C@H](CO[C@H]3O[C@H](CO)[C@@H](O)[C@H](O)[C@@H]3O[C@@H]3O[C@H](CO)[C@@H](O[C@@H]4O[C@H](CO)[C@H](O)[C@H](O)[C@H]4O)[C@H](O)[C@H]3NC(C)=O)[C@@H](O)[C@H](O[C@H]3O[C@H](CO)[C@@H](O)[C@H](O)[C@@H]3O[C@@H]3O[C@H](CO)[C@@H](O[C@@H]4O[C@H](CO)[C@H](O)[C@H](O)[C@H]4NC(C)=O)[C@H](O)[C@H]3NC(C)=O)[C@@H]2O)[C@@H]1O. The molecule has 8 fully saturated rings. The van der Waals surface area contributed by atoms with Gasteiger partial charge in [-0.1, -0.05) is 0 Å². The number of aliphatic hydroxyl groups is 25. The molecule has 8 saturated heterocycles. The van der Waals surface area contributed by atoms with Gasteiger partial charge < -0.3 is 230 Å². The van der Waals surface area contributed by atoms with Crippen LogP contribution in [0.2, 0.25) is 0 Å². The van der Waals surface area contributed by atoms with Crippen LogP contribution in [-0.2, 0) is 99.8 Å². The van der Waals surface area contributed by atoms with Gasteiger partial charge in [-0.3, -0.25) is 24.0 Å². The average molecular weight is 1680 g/mol. The van der Waals surface area contributed by atoms with Gasteiger partial charge in [-0.15, -0.1) is 0 Å². The first-order valence-electron chi connectivity index (χ1n) is 36.5. The predicted octanol–water partition coefficient (Wildman–Crippen LogP) is -20.3. The fourth-order valence-corrected chi connectivity index (χ4v) is 14.4. The minimum absolute atomic E-state index is 0.815. The third-order valence-corrected chi connectivity index (χ3v) is 20.4. The van der Waals surface area contributed by atoms with E-state index in [4.69, 9.17) is 75.8 Å². The lowest BCUT2D eigenvalue weighted by atomic mass is 9.94. The lowest BCUT2D eigenvalue weighted by molar-refractivity contribution is -0.398. The second kappa shape index (κ2) is 43.0. The molecule has 8 aliphatic rings. The molecule has 0 aliphatic carbocycles. The third-order valence-electron chi connectivity index (χ3n) is 20.4. The van der Waals surface area contributed by atoms with Crippen LogP contribution in [-0.4, -0.2) is 493 Å². The van der Waals surface area contributed by atoms with E-state index in [1.807, 2.05) is 0 Å². The minimum Gasteiger partial charge on any atom is -0.394 e. The number of ether oxygens (including phenoxy) is 16. The molecule has 666 valence electrons. The van der Waals surface area contributed by atoms with Crippen molar-refractivity contribution in [1.82, 2.24) is 26.6 Å². The number of rotatable bonds is 34. The van der Waals surface area contributed by atoms with E-state index in [1.165, 1.54) is 0 Å². The largest absolute Gasteiger partial charge is 0.394 e. The standard InChI is InChI=1S/C64H109N5O46/c1-16(79)65-21(6-70)35(85)50(22(84)7-71)109-58-32(67-18(3)81)43(93)53(29(14-78)105-58)112-62-49(99)54(113-64-56(47(97)39(89)26(11-75)104-64)115-60-33(68-19(4)82)42(92)51(27(12-76)106-60)110-57-31(66-17(2)80)41(91)36(86)23(8-72)101-57)40(90)30(108-62)15-100-63-55(46(96)38(88)25(10-74)103-63)114-59-34(69-20(5)83)44(94)52(28(13-77)107-59)111-61-48(98)45(95)37(87)24(9-73)102-61/h21-64,70-78,84-99H,6-15H2,1-5H3,(H,65,79)(H,66,80)(H,67,81)(H,68,82)(H,69,83)/t21-,22+,23+,24+,25+,26+,27+,28+,29+,30+,31+,32+,33+,34+,35+,36-,37-,38+,39+,40+,41+,42+,43+,44+,45-,46-,47-,48+,49-,50+,51+,52+,53+,54-,55-,56-,57-,58-,59-,60-,61-,62-,63-,64+/m0/s1. The van der Waals surface area contributed by atoms with Crippen LogP contribution in [0.3, 0.4) is 0 Å². The summed E-state index contributed by atoms with van der Waals surface area (Å²) in [6.45, 7) is -6.42. The summed E-state index contributed by atoms with van der Waals surface area (Å²) in [5, 5.41) is 289. The maximum Gasteiger partial charge on any atom is 0.217 e. The fraction of sp³-hybridized carbons (Fsp3) is 0.922. The molecule has 0 bridgehead atoms. The van der Waals surface area contributed by atoms with Gasteiger partial charge in [0.25, 0.3) is 0 Å². The van der Waals surface area contributed by atoms with Crippen LogP contribution in [0.25, 0.3) is 0 Å². The highest BCUT2D eigenvalue weighted by molar-refractivity contribution is 5.75. The summed E-state index contributed by atoms with van der Waals surface area (Å²) in [5.74, 6) is -4.52. The molecular weight excluding hydrogens is 1570 g/mol. The maximum atomic E-state index is 13.0. The van der Waals surface area contributed by atoms with Crippen molar-refractivity contribution in [2.75, 3.05) is 66.1 Å². The van der Waals surface area contributed by atoms with Gasteiger partial charge in [0.2, 0.25) is 29.5 Å². The van der Waals surface area contributed by atoms with Gasteiger partial charge in [-0.25, -0.2) is 0 Å². The number of hydrogen-bond acceptors (Lipinski definition) is 46. The first-order chi connectivity index (χ1) is 54.4. The summed E-state index contributed by atoms with van der Waals surface area (Å²) in [4.78, 5) is 63.3. The molecule has 0 radical (unpaired) electrons. The summed E-state index contributed by atoms with van der Waals surface area (Å²) >= 11 is 0. The normalized spacial score (nSPS) is 45.0. The van der Waals surface area contributed by atoms with Gasteiger partial charge in [-0.05, 0) is 0 Å². The van der Waals surface area contributed by atoms with E-state index in [2.05, 4.69) is 26.6 Å². The molecule has 44 atom stereocenters. The molecule has 115 heavy (non-hydrogen) atoms. The molecule has 0 aromatic rings. The van der Waals surface area contributed by atoms with Crippen LogP contribution in [0.1, 0.15) is 34.6 Å². The number of nitrogens with one attached hydrogen (secondary N) is 5. The molecule has 51 nitrogen and oxygen atoms in total. The van der Waals surface area contributed by atoms with Gasteiger partial charge in [-0.2, -0.15) is 0 Å². The Morgan fingerprint density at radius 2 is 0.609 bits per heavy atom. The molecule has 0 aromatic heterocycles. The molecule has 0 saturated carbocycles. The van der Waals surface area contributed by atoms with Crippen molar-refractivity contribution < 1.29 is 227 Å². The number of amides is 5. The van der Waals surface area contributed by atoms with E-state index in [1.54, 1.807) is 0 Å². The Morgan fingerprint density at radius 3 is 1.01 bits per heavy atom. The summed E-state index contributed by atoms with van der Waals surface area (Å²) in [6, 6.07) is -9.20. The van der Waals surface area contributed by atoms with Crippen LogP contribution in [0.15, 0.2) is 0 Å². The second-order valence-corrected chi connectivity index (χ2v) is 28.7. The van der Waals surface area contributed by atoms with Crippen LogP contribution in [0.5, 0.6) is 0 Å². The molecule has 5 amide bonds. The van der Waals surface area contributed by atoms with Crippen molar-refractivity contribution in [3.63, 3.8) is 0 Å². The average Bonchev–Trinajstić information content (AvgIpc) is 0.768. The Hall–Kier alpha value is -4.29. The van der Waals surface area contributed by atoms with Gasteiger partial charge >= 0.3 is 0 Å². The monoisotopic (exact) mass is 1680 g/mol. The van der Waals surface area contributed by atoms with E-state index in [0.717, 1.165) is 34.6 Å². The maximum absolute atomic E-state index is 13.0. The first-order valence-corrected chi connectivity index (χ1v) is 36.5. The van der Waals surface area contributed by atoms with Crippen molar-refractivity contribution in [3.8, 4) is 0 Å². The molecular formula is C64H109N5O46. The minimum atomic E-state index is -2.61. The van der Waals surface area contributed by atoms with Crippen LogP contribution >= 0.6 is 0 Å². The predicted molar refractivity (Wildman–Crippen MR) is 357 cm³/mol. The molecule has 8 rings (SSSR count). The van der Waals surface area contributed by atoms with Gasteiger partial charge in [0.05, 0.1) is 72.1 Å². The van der Waals surface area contributed by atoms with E-state index in [9.17, 15) is 152 Å². The Morgan fingerprint density at radius 1 is 0.296 bits per heavy atom. The summed E-state index contributed by atoms with van der Waals surface area (Å²) in [7, 11) is 0. The molecule has 8 heterocycles. The van der Waals surface area contributed by atoms with Crippen LogP contribution in [0.4, 0.5) is 0 Å². The molecule has 8 aliphatic heterocycles. The fourth-order valence-electron chi connectivity index (χ4n) is 14.4. The van der Waals surface area contributed by atoms with Crippen molar-refractivity contribution in [2.24, 2.45) is 0 Å². The van der Waals surface area contributed by atoms with Crippen molar-refractivity contribution >= 4 is 29.5 Å². The van der Waals surface area contributed by atoms with E-state index in [0.29, 0.717) is 0 Å². The van der Waals surface area contributed by atoms with Crippen molar-refractivity contribution in [2.45, 2.75) is 304 Å². The highest BCUT2D eigenvalue weighted by Crippen LogP contribution is 2.40. The Labute approximate surface area is 652 Å². The van der Waals surface area contributed by atoms with Crippen molar-refractivity contribution in [1.29, 1.82) is 0 Å². The Kier molecular flexibility index (Phi) is 35.9. The molecule has 0 spiro atoms. The molecule has 0 unspecified atom stereocenters. The van der Waals surface area contributed by atoms with Crippen molar-refractivity contribution in [3.05, 3.63) is 0 Å².